The standard InChI is InChI=1S/C44H29N3/c1-3-14-30(15-4-1)32-25-26-40-37(28-32)43-44(42(31-16-5-2-6-17-31)41-24-11-12-27-45(41)43)47(40)34-19-13-18-33(29-34)46-38-22-9-7-20-35(38)36-21-8-10-23-39(36)46/h1-29H. The predicted octanol–water partition coefficient (Wildman–Crippen LogP) is 11.5. The van der Waals surface area contributed by atoms with Gasteiger partial charge in [-0.25, -0.2) is 0 Å². The van der Waals surface area contributed by atoms with Gasteiger partial charge in [-0.1, -0.05) is 115 Å². The Hall–Kier alpha value is -6.32. The molecule has 3 nitrogen and oxygen atoms in total. The summed E-state index contributed by atoms with van der Waals surface area (Å²) in [7, 11) is 0. The van der Waals surface area contributed by atoms with Crippen LogP contribution in [0.25, 0.3) is 82.9 Å². The Morgan fingerprint density at radius 3 is 1.62 bits per heavy atom. The molecule has 4 heterocycles. The number of nitrogens with zero attached hydrogens (tertiary/aromatic N) is 3. The van der Waals surface area contributed by atoms with Crippen LogP contribution in [0.15, 0.2) is 176 Å². The number of fused-ring (bicyclic) bond motifs is 8. The van der Waals surface area contributed by atoms with Crippen molar-refractivity contribution in [2.45, 2.75) is 0 Å². The van der Waals surface area contributed by atoms with E-state index in [1.54, 1.807) is 0 Å². The largest absolute Gasteiger partial charge is 0.314 e. The summed E-state index contributed by atoms with van der Waals surface area (Å²) in [5, 5.41) is 3.76. The average Bonchev–Trinajstić information content (AvgIpc) is 3.78. The average molecular weight is 600 g/mol. The maximum Gasteiger partial charge on any atom is 0.0809 e. The second-order valence-corrected chi connectivity index (χ2v) is 12.2. The van der Waals surface area contributed by atoms with Crippen LogP contribution in [0.3, 0.4) is 0 Å². The molecule has 0 aliphatic carbocycles. The Morgan fingerprint density at radius 1 is 0.319 bits per heavy atom. The first kappa shape index (κ1) is 26.0. The Bertz CT molecular complexity index is 2720. The normalized spacial score (nSPS) is 11.8. The van der Waals surface area contributed by atoms with Gasteiger partial charge < -0.3 is 13.5 Å². The summed E-state index contributed by atoms with van der Waals surface area (Å²) in [5.41, 5.74) is 14.4. The first-order valence-corrected chi connectivity index (χ1v) is 16.1. The van der Waals surface area contributed by atoms with Crippen LogP contribution in [0.5, 0.6) is 0 Å². The highest BCUT2D eigenvalue weighted by Crippen LogP contribution is 2.44. The predicted molar refractivity (Wildman–Crippen MR) is 197 cm³/mol. The third kappa shape index (κ3) is 3.81. The van der Waals surface area contributed by atoms with E-state index in [2.05, 4.69) is 190 Å². The molecule has 0 unspecified atom stereocenters. The van der Waals surface area contributed by atoms with Crippen LogP contribution in [0.2, 0.25) is 0 Å². The molecule has 0 atom stereocenters. The van der Waals surface area contributed by atoms with Gasteiger partial charge in [0.1, 0.15) is 0 Å². The Morgan fingerprint density at radius 2 is 0.894 bits per heavy atom. The van der Waals surface area contributed by atoms with Gasteiger partial charge in [-0.05, 0) is 71.3 Å². The zero-order valence-corrected chi connectivity index (χ0v) is 25.6. The van der Waals surface area contributed by atoms with Crippen molar-refractivity contribution >= 4 is 49.3 Å². The van der Waals surface area contributed by atoms with Gasteiger partial charge in [0.2, 0.25) is 0 Å². The van der Waals surface area contributed by atoms with Crippen LogP contribution in [0, 0.1) is 0 Å². The molecule has 0 radical (unpaired) electrons. The monoisotopic (exact) mass is 599 g/mol. The van der Waals surface area contributed by atoms with Crippen molar-refractivity contribution in [2.75, 3.05) is 0 Å². The highest BCUT2D eigenvalue weighted by molar-refractivity contribution is 6.18. The molecule has 10 aromatic rings. The molecule has 0 amide bonds. The Labute approximate surface area is 271 Å². The van der Waals surface area contributed by atoms with Crippen molar-refractivity contribution in [1.29, 1.82) is 0 Å². The molecular formula is C44H29N3. The number of hydrogen-bond donors (Lipinski definition) is 0. The third-order valence-corrected chi connectivity index (χ3v) is 9.63. The summed E-state index contributed by atoms with van der Waals surface area (Å²) in [6.45, 7) is 0. The first-order chi connectivity index (χ1) is 23.3. The number of pyridine rings is 1. The third-order valence-electron chi connectivity index (χ3n) is 9.63. The van der Waals surface area contributed by atoms with Crippen LogP contribution < -0.4 is 0 Å². The summed E-state index contributed by atoms with van der Waals surface area (Å²) >= 11 is 0. The zero-order chi connectivity index (χ0) is 30.9. The van der Waals surface area contributed by atoms with E-state index in [1.165, 1.54) is 71.5 Å². The van der Waals surface area contributed by atoms with Gasteiger partial charge in [0.05, 0.1) is 33.1 Å². The van der Waals surface area contributed by atoms with Crippen molar-refractivity contribution in [3.63, 3.8) is 0 Å². The van der Waals surface area contributed by atoms with E-state index in [1.807, 2.05) is 0 Å². The summed E-state index contributed by atoms with van der Waals surface area (Å²) in [6, 6.07) is 61.4. The maximum absolute atomic E-state index is 2.48. The second-order valence-electron chi connectivity index (χ2n) is 12.2. The fourth-order valence-corrected chi connectivity index (χ4v) is 7.65. The van der Waals surface area contributed by atoms with Crippen LogP contribution in [-0.4, -0.2) is 13.5 Å². The molecule has 0 aliphatic rings. The molecule has 10 rings (SSSR count). The number of para-hydroxylation sites is 2. The molecule has 47 heavy (non-hydrogen) atoms. The fourth-order valence-electron chi connectivity index (χ4n) is 7.65. The molecular weight excluding hydrogens is 571 g/mol. The van der Waals surface area contributed by atoms with E-state index in [0.29, 0.717) is 0 Å². The molecule has 3 heteroatoms. The van der Waals surface area contributed by atoms with Gasteiger partial charge in [-0.2, -0.15) is 0 Å². The minimum absolute atomic E-state index is 1.13. The van der Waals surface area contributed by atoms with Crippen molar-refractivity contribution in [3.05, 3.63) is 176 Å². The first-order valence-electron chi connectivity index (χ1n) is 16.1. The highest BCUT2D eigenvalue weighted by atomic mass is 15.0. The Balaban J connectivity index is 1.33. The Kier molecular flexibility index (Phi) is 5.57. The highest BCUT2D eigenvalue weighted by Gasteiger charge is 2.23. The molecule has 0 spiro atoms. The lowest BCUT2D eigenvalue weighted by molar-refractivity contribution is 1.13. The summed E-state index contributed by atoms with van der Waals surface area (Å²) in [5.74, 6) is 0. The second kappa shape index (κ2) is 10.1. The molecule has 0 saturated heterocycles. The molecule has 0 aliphatic heterocycles. The van der Waals surface area contributed by atoms with Crippen LogP contribution in [-0.2, 0) is 0 Å². The fraction of sp³-hybridized carbons (Fsp3) is 0. The molecule has 0 bridgehead atoms. The molecule has 0 fully saturated rings. The summed E-state index contributed by atoms with van der Waals surface area (Å²) in [4.78, 5) is 0. The van der Waals surface area contributed by atoms with E-state index in [0.717, 1.165) is 11.4 Å². The lowest BCUT2D eigenvalue weighted by Crippen LogP contribution is -1.99. The SMILES string of the molecule is c1ccc(-c2ccc3c(c2)c2c(c(-c4ccccc4)c4ccccn42)n3-c2cccc(-n3c4ccccc4c4ccccc43)c2)cc1. The molecule has 0 saturated carbocycles. The minimum atomic E-state index is 1.13. The topological polar surface area (TPSA) is 14.3 Å². The zero-order valence-electron chi connectivity index (χ0n) is 25.6. The van der Waals surface area contributed by atoms with E-state index in [9.17, 15) is 0 Å². The maximum atomic E-state index is 2.48. The molecule has 4 aromatic heterocycles. The van der Waals surface area contributed by atoms with Crippen molar-refractivity contribution in [3.8, 4) is 33.6 Å². The van der Waals surface area contributed by atoms with Crippen LogP contribution in [0.4, 0.5) is 0 Å². The summed E-state index contributed by atoms with van der Waals surface area (Å²) in [6.07, 6.45) is 2.21. The van der Waals surface area contributed by atoms with Crippen molar-refractivity contribution < 1.29 is 0 Å². The molecule has 220 valence electrons. The van der Waals surface area contributed by atoms with Gasteiger partial charge in [-0.15, -0.1) is 0 Å². The van der Waals surface area contributed by atoms with Gasteiger partial charge in [0, 0.05) is 39.3 Å². The minimum Gasteiger partial charge on any atom is -0.314 e. The number of aromatic nitrogens is 3. The van der Waals surface area contributed by atoms with E-state index in [-0.39, 0.29) is 0 Å². The van der Waals surface area contributed by atoms with Crippen molar-refractivity contribution in [1.82, 2.24) is 13.5 Å². The number of hydrogen-bond acceptors (Lipinski definition) is 0. The van der Waals surface area contributed by atoms with Crippen molar-refractivity contribution in [2.24, 2.45) is 0 Å². The van der Waals surface area contributed by atoms with Gasteiger partial charge in [-0.3, -0.25) is 0 Å². The number of benzene rings is 6. The van der Waals surface area contributed by atoms with Crippen LogP contribution >= 0.6 is 0 Å². The van der Waals surface area contributed by atoms with Gasteiger partial charge in [0.25, 0.3) is 0 Å². The van der Waals surface area contributed by atoms with E-state index < -0.39 is 0 Å². The van der Waals surface area contributed by atoms with Gasteiger partial charge in [0.15, 0.2) is 0 Å². The smallest absolute Gasteiger partial charge is 0.0809 e. The summed E-state index contributed by atoms with van der Waals surface area (Å²) < 4.78 is 7.26. The lowest BCUT2D eigenvalue weighted by atomic mass is 10.0. The van der Waals surface area contributed by atoms with Gasteiger partial charge >= 0.3 is 0 Å². The van der Waals surface area contributed by atoms with E-state index >= 15 is 0 Å². The van der Waals surface area contributed by atoms with E-state index in [4.69, 9.17) is 0 Å². The molecule has 6 aromatic carbocycles. The number of rotatable bonds is 4. The lowest BCUT2D eigenvalue weighted by Gasteiger charge is -2.14. The molecule has 0 N–H and O–H groups in total. The quantitative estimate of drug-likeness (QED) is 0.191. The van der Waals surface area contributed by atoms with Crippen LogP contribution in [0.1, 0.15) is 0 Å².